The third-order valence-electron chi connectivity index (χ3n) is 0.732. The molecule has 0 aromatic heterocycles. The van der Waals surface area contributed by atoms with E-state index in [4.69, 9.17) is 0 Å². The summed E-state index contributed by atoms with van der Waals surface area (Å²) in [5.74, 6) is 2.00. The Balaban J connectivity index is 3.28. The fourth-order valence-electron chi connectivity index (χ4n) is 0.232. The second-order valence-electron chi connectivity index (χ2n) is 1.92. The van der Waals surface area contributed by atoms with Crippen LogP contribution in [0.4, 0.5) is 0 Å². The quantitative estimate of drug-likeness (QED) is 0.587. The molecule has 0 saturated carbocycles. The molecule has 0 saturated heterocycles. The third-order valence-corrected chi connectivity index (χ3v) is 2.59. The SMILES string of the molecule is CS[B]SC(=O)C(C)C. The van der Waals surface area contributed by atoms with E-state index in [2.05, 4.69) is 0 Å². The molecule has 0 aliphatic carbocycles. The molecule has 0 bridgehead atoms. The van der Waals surface area contributed by atoms with E-state index < -0.39 is 0 Å². The Morgan fingerprint density at radius 2 is 2.11 bits per heavy atom. The Hall–Kier alpha value is 0.435. The zero-order chi connectivity index (χ0) is 7.28. The summed E-state index contributed by atoms with van der Waals surface area (Å²) >= 11 is 2.85. The lowest BCUT2D eigenvalue weighted by Crippen LogP contribution is -2.02. The van der Waals surface area contributed by atoms with Crippen LogP contribution in [0.25, 0.3) is 0 Å². The van der Waals surface area contributed by atoms with Crippen molar-refractivity contribution in [1.29, 1.82) is 0 Å². The first-order valence-corrected chi connectivity index (χ1v) is 4.90. The molecule has 0 amide bonds. The van der Waals surface area contributed by atoms with Crippen LogP contribution in [0.15, 0.2) is 0 Å². The van der Waals surface area contributed by atoms with Crippen LogP contribution in [0.2, 0.25) is 0 Å². The summed E-state index contributed by atoms with van der Waals surface area (Å²) in [6, 6.07) is 0. The Morgan fingerprint density at radius 3 is 2.44 bits per heavy atom. The van der Waals surface area contributed by atoms with E-state index in [-0.39, 0.29) is 11.0 Å². The lowest BCUT2D eigenvalue weighted by molar-refractivity contribution is -0.113. The Labute approximate surface area is 65.4 Å². The maximum atomic E-state index is 10.8. The normalized spacial score (nSPS) is 9.78. The molecule has 4 heteroatoms. The molecule has 0 N–H and O–H groups in total. The summed E-state index contributed by atoms with van der Waals surface area (Å²) in [6.07, 6.45) is 1.95. The highest BCUT2D eigenvalue weighted by molar-refractivity contribution is 8.55. The minimum atomic E-state index is 0.151. The molecule has 0 rings (SSSR count). The molecule has 51 valence electrons. The fraction of sp³-hybridized carbons (Fsp3) is 0.800. The van der Waals surface area contributed by atoms with Crippen molar-refractivity contribution in [2.75, 3.05) is 6.26 Å². The molecular formula is C5H10BOS2. The molecule has 0 aliphatic rings. The van der Waals surface area contributed by atoms with Gasteiger partial charge in [-0.3, -0.25) is 4.79 Å². The van der Waals surface area contributed by atoms with Crippen LogP contribution in [0.1, 0.15) is 13.8 Å². The van der Waals surface area contributed by atoms with E-state index in [1.165, 1.54) is 11.6 Å². The molecule has 0 aliphatic heterocycles. The Bertz CT molecular complexity index is 95.0. The lowest BCUT2D eigenvalue weighted by Gasteiger charge is -1.99. The van der Waals surface area contributed by atoms with Gasteiger partial charge in [0.25, 0.3) is 5.84 Å². The highest BCUT2D eigenvalue weighted by Crippen LogP contribution is 2.11. The van der Waals surface area contributed by atoms with Gasteiger partial charge in [0.2, 0.25) is 0 Å². The highest BCUT2D eigenvalue weighted by Gasteiger charge is 2.06. The van der Waals surface area contributed by atoms with Crippen LogP contribution >= 0.6 is 23.2 Å². The summed E-state index contributed by atoms with van der Waals surface area (Å²) in [4.78, 5) is 10.8. The minimum Gasteiger partial charge on any atom is -0.288 e. The van der Waals surface area contributed by atoms with Gasteiger partial charge >= 0.3 is 0 Å². The van der Waals surface area contributed by atoms with Crippen molar-refractivity contribution in [3.8, 4) is 0 Å². The van der Waals surface area contributed by atoms with Crippen LogP contribution in [0.5, 0.6) is 0 Å². The first-order valence-electron chi connectivity index (χ1n) is 2.73. The first kappa shape index (κ1) is 9.43. The van der Waals surface area contributed by atoms with Gasteiger partial charge in [0, 0.05) is 5.92 Å². The zero-order valence-electron chi connectivity index (χ0n) is 5.88. The molecule has 0 aromatic carbocycles. The Morgan fingerprint density at radius 1 is 1.56 bits per heavy atom. The van der Waals surface area contributed by atoms with Gasteiger partial charge in [-0.2, -0.15) is 0 Å². The van der Waals surface area contributed by atoms with E-state index in [1.54, 1.807) is 11.6 Å². The van der Waals surface area contributed by atoms with Crippen molar-refractivity contribution < 1.29 is 4.79 Å². The van der Waals surface area contributed by atoms with Crippen LogP contribution in [0.3, 0.4) is 0 Å². The van der Waals surface area contributed by atoms with Gasteiger partial charge in [0.1, 0.15) is 0 Å². The molecule has 0 aromatic rings. The maximum absolute atomic E-state index is 10.8. The largest absolute Gasteiger partial charge is 0.288 e. The van der Waals surface area contributed by atoms with Crippen molar-refractivity contribution in [2.45, 2.75) is 13.8 Å². The van der Waals surface area contributed by atoms with Crippen LogP contribution in [-0.2, 0) is 4.79 Å². The van der Waals surface area contributed by atoms with Crippen molar-refractivity contribution in [3.63, 3.8) is 0 Å². The molecule has 0 fully saturated rings. The summed E-state index contributed by atoms with van der Waals surface area (Å²) in [5, 5.41) is 0.240. The molecule has 0 heterocycles. The van der Waals surface area contributed by atoms with Crippen molar-refractivity contribution >= 4 is 34.2 Å². The summed E-state index contributed by atoms with van der Waals surface area (Å²) < 4.78 is 0. The van der Waals surface area contributed by atoms with E-state index in [9.17, 15) is 4.79 Å². The predicted molar refractivity (Wildman–Crippen MR) is 46.7 cm³/mol. The molecule has 1 radical (unpaired) electrons. The number of hydrogen-bond acceptors (Lipinski definition) is 3. The van der Waals surface area contributed by atoms with Crippen molar-refractivity contribution in [2.24, 2.45) is 5.92 Å². The third kappa shape index (κ3) is 4.91. The fourth-order valence-corrected chi connectivity index (χ4v) is 1.27. The number of carbonyl (C=O) groups is 1. The molecule has 1 nitrogen and oxygen atoms in total. The summed E-state index contributed by atoms with van der Waals surface area (Å²) in [6.45, 7) is 3.81. The number of carbonyl (C=O) groups excluding carboxylic acids is 1. The monoisotopic (exact) mass is 161 g/mol. The average Bonchev–Trinajstić information content (AvgIpc) is 1.82. The first-order chi connectivity index (χ1) is 4.18. The molecule has 0 unspecified atom stereocenters. The molecule has 0 spiro atoms. The maximum Gasteiger partial charge on any atom is 0.277 e. The van der Waals surface area contributed by atoms with E-state index in [1.807, 2.05) is 25.9 Å². The predicted octanol–water partition coefficient (Wildman–Crippen LogP) is 1.80. The summed E-state index contributed by atoms with van der Waals surface area (Å²) in [5.41, 5.74) is 0. The number of rotatable bonds is 3. The van der Waals surface area contributed by atoms with Gasteiger partial charge in [0.15, 0.2) is 5.12 Å². The van der Waals surface area contributed by atoms with Crippen molar-refractivity contribution in [3.05, 3.63) is 0 Å². The average molecular weight is 161 g/mol. The minimum absolute atomic E-state index is 0.151. The van der Waals surface area contributed by atoms with E-state index >= 15 is 0 Å². The van der Waals surface area contributed by atoms with Gasteiger partial charge in [0.05, 0.1) is 0 Å². The lowest BCUT2D eigenvalue weighted by atomic mass is 10.3. The second kappa shape index (κ2) is 5.24. The topological polar surface area (TPSA) is 17.1 Å². The Kier molecular flexibility index (Phi) is 5.49. The van der Waals surface area contributed by atoms with Crippen LogP contribution < -0.4 is 0 Å². The van der Waals surface area contributed by atoms with Gasteiger partial charge in [-0.25, -0.2) is 11.6 Å². The number of hydrogen-bond donors (Lipinski definition) is 0. The van der Waals surface area contributed by atoms with E-state index in [0.717, 1.165) is 0 Å². The van der Waals surface area contributed by atoms with Crippen molar-refractivity contribution in [1.82, 2.24) is 0 Å². The second-order valence-corrected chi connectivity index (χ2v) is 3.80. The molecule has 0 atom stereocenters. The van der Waals surface area contributed by atoms with E-state index in [0.29, 0.717) is 0 Å². The smallest absolute Gasteiger partial charge is 0.277 e. The van der Waals surface area contributed by atoms with Crippen LogP contribution in [0, 0.1) is 5.92 Å². The standard InChI is InChI=1S/C5H10BOS2/c1-4(2)5(7)9-6-8-3/h4H,1-3H3. The zero-order valence-corrected chi connectivity index (χ0v) is 7.51. The van der Waals surface area contributed by atoms with Gasteiger partial charge in [-0.1, -0.05) is 13.8 Å². The summed E-state index contributed by atoms with van der Waals surface area (Å²) in [7, 11) is 0. The highest BCUT2D eigenvalue weighted by atomic mass is 32.2. The van der Waals surface area contributed by atoms with Gasteiger partial charge in [-0.15, -0.1) is 11.6 Å². The van der Waals surface area contributed by atoms with Gasteiger partial charge in [-0.05, 0) is 6.26 Å². The van der Waals surface area contributed by atoms with Crippen LogP contribution in [-0.4, -0.2) is 17.2 Å². The van der Waals surface area contributed by atoms with Gasteiger partial charge < -0.3 is 0 Å². The molecule has 9 heavy (non-hydrogen) atoms. The molecular weight excluding hydrogens is 151 g/mol.